The number of nitrogens with one attached hydrogen (secondary N) is 2. The van der Waals surface area contributed by atoms with Crippen molar-refractivity contribution in [1.29, 1.82) is 0 Å². The fourth-order valence-electron chi connectivity index (χ4n) is 2.06. The Labute approximate surface area is 121 Å². The number of aromatic amines is 1. The van der Waals surface area contributed by atoms with Crippen LogP contribution in [0.25, 0.3) is 22.5 Å². The minimum Gasteiger partial charge on any atom is -0.395 e. The average molecular weight is 281 g/mol. The van der Waals surface area contributed by atoms with E-state index in [9.17, 15) is 0 Å². The number of aliphatic hydroxyl groups is 1. The van der Waals surface area contributed by atoms with E-state index in [4.69, 9.17) is 5.11 Å². The van der Waals surface area contributed by atoms with Crippen LogP contribution in [0, 0.1) is 0 Å². The molecule has 0 aliphatic heterocycles. The highest BCUT2D eigenvalue weighted by atomic mass is 16.3. The molecule has 1 aromatic carbocycles. The Hall–Kier alpha value is -2.73. The standard InChI is InChI=1S/C15H15N5O/c21-7-6-16-15-9-14(17-10-18-15)12-3-1-2-11(8-12)13-4-5-19-20-13/h1-5,8-10,21H,6-7H2,(H,19,20)(H,16,17,18). The number of H-pyrrole nitrogens is 1. The molecule has 0 aliphatic rings. The van der Waals surface area contributed by atoms with E-state index in [0.29, 0.717) is 12.4 Å². The maximum absolute atomic E-state index is 8.84. The Balaban J connectivity index is 1.91. The first-order valence-electron chi connectivity index (χ1n) is 6.64. The Morgan fingerprint density at radius 3 is 2.81 bits per heavy atom. The van der Waals surface area contributed by atoms with Crippen molar-refractivity contribution in [2.75, 3.05) is 18.5 Å². The predicted octanol–water partition coefficient (Wildman–Crippen LogP) is 1.94. The third kappa shape index (κ3) is 3.06. The summed E-state index contributed by atoms with van der Waals surface area (Å²) >= 11 is 0. The maximum atomic E-state index is 8.84. The van der Waals surface area contributed by atoms with Crippen LogP contribution >= 0.6 is 0 Å². The molecule has 0 saturated carbocycles. The number of aliphatic hydroxyl groups excluding tert-OH is 1. The minimum absolute atomic E-state index is 0.0641. The van der Waals surface area contributed by atoms with Gasteiger partial charge in [-0.2, -0.15) is 5.10 Å². The van der Waals surface area contributed by atoms with Crippen LogP contribution in [0.5, 0.6) is 0 Å². The number of benzene rings is 1. The number of aromatic nitrogens is 4. The Morgan fingerprint density at radius 1 is 1.10 bits per heavy atom. The van der Waals surface area contributed by atoms with Gasteiger partial charge in [0.25, 0.3) is 0 Å². The number of rotatable bonds is 5. The summed E-state index contributed by atoms with van der Waals surface area (Å²) in [7, 11) is 0. The van der Waals surface area contributed by atoms with Gasteiger partial charge in [-0.25, -0.2) is 9.97 Å². The Morgan fingerprint density at radius 2 is 2.00 bits per heavy atom. The summed E-state index contributed by atoms with van der Waals surface area (Å²) < 4.78 is 0. The number of hydrogen-bond donors (Lipinski definition) is 3. The molecule has 0 bridgehead atoms. The summed E-state index contributed by atoms with van der Waals surface area (Å²) in [6, 6.07) is 11.8. The van der Waals surface area contributed by atoms with Crippen LogP contribution in [0.2, 0.25) is 0 Å². The fourth-order valence-corrected chi connectivity index (χ4v) is 2.06. The lowest BCUT2D eigenvalue weighted by molar-refractivity contribution is 0.311. The van der Waals surface area contributed by atoms with Crippen LogP contribution < -0.4 is 5.32 Å². The van der Waals surface area contributed by atoms with Gasteiger partial charge in [0.2, 0.25) is 0 Å². The summed E-state index contributed by atoms with van der Waals surface area (Å²) in [4.78, 5) is 8.43. The van der Waals surface area contributed by atoms with E-state index in [1.54, 1.807) is 6.20 Å². The van der Waals surface area contributed by atoms with E-state index < -0.39 is 0 Å². The molecule has 0 spiro atoms. The van der Waals surface area contributed by atoms with Crippen molar-refractivity contribution in [1.82, 2.24) is 20.2 Å². The molecule has 0 radical (unpaired) electrons. The highest BCUT2D eigenvalue weighted by molar-refractivity contribution is 5.70. The zero-order valence-corrected chi connectivity index (χ0v) is 11.3. The van der Waals surface area contributed by atoms with E-state index in [1.165, 1.54) is 6.33 Å². The lowest BCUT2D eigenvalue weighted by atomic mass is 10.1. The van der Waals surface area contributed by atoms with Gasteiger partial charge < -0.3 is 10.4 Å². The molecule has 6 heteroatoms. The maximum Gasteiger partial charge on any atom is 0.130 e. The molecule has 21 heavy (non-hydrogen) atoms. The second-order valence-electron chi connectivity index (χ2n) is 4.49. The van der Waals surface area contributed by atoms with Gasteiger partial charge in [0.1, 0.15) is 12.1 Å². The number of anilines is 1. The van der Waals surface area contributed by atoms with E-state index in [-0.39, 0.29) is 6.61 Å². The quantitative estimate of drug-likeness (QED) is 0.665. The van der Waals surface area contributed by atoms with E-state index in [0.717, 1.165) is 22.5 Å². The average Bonchev–Trinajstić information content (AvgIpc) is 3.08. The predicted molar refractivity (Wildman–Crippen MR) is 80.6 cm³/mol. The molecule has 0 atom stereocenters. The molecular formula is C15H15N5O. The molecule has 2 heterocycles. The minimum atomic E-state index is 0.0641. The summed E-state index contributed by atoms with van der Waals surface area (Å²) in [5, 5.41) is 18.8. The number of hydrogen-bond acceptors (Lipinski definition) is 5. The molecular weight excluding hydrogens is 266 g/mol. The van der Waals surface area contributed by atoms with Crippen molar-refractivity contribution >= 4 is 5.82 Å². The van der Waals surface area contributed by atoms with Crippen LogP contribution in [-0.4, -0.2) is 38.4 Å². The summed E-state index contributed by atoms with van der Waals surface area (Å²) in [6.07, 6.45) is 3.24. The first-order valence-corrected chi connectivity index (χ1v) is 6.64. The molecule has 3 N–H and O–H groups in total. The van der Waals surface area contributed by atoms with Crippen molar-refractivity contribution in [2.24, 2.45) is 0 Å². The van der Waals surface area contributed by atoms with Gasteiger partial charge in [-0.15, -0.1) is 0 Å². The Bertz CT molecular complexity index is 712. The first-order chi connectivity index (χ1) is 10.4. The molecule has 106 valence electrons. The van der Waals surface area contributed by atoms with E-state index in [1.807, 2.05) is 36.4 Å². The van der Waals surface area contributed by atoms with Crippen molar-refractivity contribution in [3.63, 3.8) is 0 Å². The molecule has 0 fully saturated rings. The van der Waals surface area contributed by atoms with Crippen molar-refractivity contribution in [3.8, 4) is 22.5 Å². The topological polar surface area (TPSA) is 86.7 Å². The van der Waals surface area contributed by atoms with Gasteiger partial charge in [-0.1, -0.05) is 18.2 Å². The molecule has 3 aromatic rings. The summed E-state index contributed by atoms with van der Waals surface area (Å²) in [6.45, 7) is 0.527. The van der Waals surface area contributed by atoms with Crippen LogP contribution in [-0.2, 0) is 0 Å². The van der Waals surface area contributed by atoms with Gasteiger partial charge in [0.05, 0.1) is 18.0 Å². The van der Waals surface area contributed by atoms with Gasteiger partial charge in [-0.3, -0.25) is 5.10 Å². The van der Waals surface area contributed by atoms with Crippen LogP contribution in [0.1, 0.15) is 0 Å². The van der Waals surface area contributed by atoms with Crippen molar-refractivity contribution in [3.05, 3.63) is 48.9 Å². The highest BCUT2D eigenvalue weighted by Crippen LogP contribution is 2.24. The Kier molecular flexibility index (Phi) is 3.88. The molecule has 0 saturated heterocycles. The lowest BCUT2D eigenvalue weighted by Crippen LogP contribution is -2.07. The zero-order valence-electron chi connectivity index (χ0n) is 11.3. The van der Waals surface area contributed by atoms with Crippen LogP contribution in [0.15, 0.2) is 48.9 Å². The molecule has 6 nitrogen and oxygen atoms in total. The monoisotopic (exact) mass is 281 g/mol. The molecule has 0 amide bonds. The van der Waals surface area contributed by atoms with Gasteiger partial charge >= 0.3 is 0 Å². The lowest BCUT2D eigenvalue weighted by Gasteiger charge is -2.06. The van der Waals surface area contributed by atoms with Crippen LogP contribution in [0.3, 0.4) is 0 Å². The van der Waals surface area contributed by atoms with Gasteiger partial charge in [0.15, 0.2) is 0 Å². The van der Waals surface area contributed by atoms with Crippen LogP contribution in [0.4, 0.5) is 5.82 Å². The van der Waals surface area contributed by atoms with E-state index in [2.05, 4.69) is 25.5 Å². The smallest absolute Gasteiger partial charge is 0.130 e. The van der Waals surface area contributed by atoms with E-state index >= 15 is 0 Å². The fraction of sp³-hybridized carbons (Fsp3) is 0.133. The second kappa shape index (κ2) is 6.15. The molecule has 0 unspecified atom stereocenters. The highest BCUT2D eigenvalue weighted by Gasteiger charge is 2.05. The SMILES string of the molecule is OCCNc1cc(-c2cccc(-c3ccn[nH]3)c2)ncn1. The third-order valence-electron chi connectivity index (χ3n) is 3.06. The number of nitrogens with zero attached hydrogens (tertiary/aromatic N) is 3. The molecule has 0 aliphatic carbocycles. The summed E-state index contributed by atoms with van der Waals surface area (Å²) in [5.74, 6) is 0.695. The first kappa shape index (κ1) is 13.3. The molecule has 2 aromatic heterocycles. The normalized spacial score (nSPS) is 10.5. The second-order valence-corrected chi connectivity index (χ2v) is 4.49. The van der Waals surface area contributed by atoms with Gasteiger partial charge in [0, 0.05) is 29.9 Å². The van der Waals surface area contributed by atoms with Crippen molar-refractivity contribution < 1.29 is 5.11 Å². The van der Waals surface area contributed by atoms with Gasteiger partial charge in [-0.05, 0) is 12.1 Å². The van der Waals surface area contributed by atoms with Crippen molar-refractivity contribution in [2.45, 2.75) is 0 Å². The summed E-state index contributed by atoms with van der Waals surface area (Å²) in [5.41, 5.74) is 3.83. The largest absolute Gasteiger partial charge is 0.395 e. The molecule has 3 rings (SSSR count). The third-order valence-corrected chi connectivity index (χ3v) is 3.06. The zero-order chi connectivity index (χ0) is 14.5.